The summed E-state index contributed by atoms with van der Waals surface area (Å²) >= 11 is 2.25. The van der Waals surface area contributed by atoms with Crippen LogP contribution in [0.5, 0.6) is 0 Å². The lowest BCUT2D eigenvalue weighted by Crippen LogP contribution is -2.28. The van der Waals surface area contributed by atoms with Gasteiger partial charge in [-0.2, -0.15) is 4.99 Å². The van der Waals surface area contributed by atoms with Crippen molar-refractivity contribution >= 4 is 71.2 Å². The predicted molar refractivity (Wildman–Crippen MR) is 162 cm³/mol. The van der Waals surface area contributed by atoms with E-state index in [2.05, 4.69) is 10.3 Å². The monoisotopic (exact) mass is 652 g/mol. The van der Waals surface area contributed by atoms with Crippen LogP contribution in [0, 0.1) is 10.1 Å². The molecule has 1 aliphatic carbocycles. The quantitative estimate of drug-likeness (QED) is 0.101. The number of nitrogens with one attached hydrogen (secondary N) is 1. The Hall–Kier alpha value is -3.47. The van der Waals surface area contributed by atoms with Crippen molar-refractivity contribution in [3.8, 4) is 0 Å². The number of nitro groups is 1. The smallest absolute Gasteiger partial charge is 0.341 e. The Morgan fingerprint density at radius 3 is 2.58 bits per heavy atom. The Morgan fingerprint density at radius 1 is 1.09 bits per heavy atom. The van der Waals surface area contributed by atoms with E-state index in [1.165, 1.54) is 29.5 Å². The van der Waals surface area contributed by atoms with Crippen LogP contribution in [-0.2, 0) is 48.3 Å². The zero-order valence-electron chi connectivity index (χ0n) is 23.8. The van der Waals surface area contributed by atoms with E-state index in [0.717, 1.165) is 47.5 Å². The third-order valence-electron chi connectivity index (χ3n) is 6.61. The van der Waals surface area contributed by atoms with E-state index in [0.29, 0.717) is 23.2 Å². The molecule has 2 heterocycles. The van der Waals surface area contributed by atoms with E-state index in [4.69, 9.17) is 9.47 Å². The number of amides is 2. The molecule has 1 N–H and O–H groups in total. The second-order valence-corrected chi connectivity index (χ2v) is 13.9. The molecule has 1 aliphatic rings. The number of nitrogens with zero attached hydrogens (tertiary/aromatic N) is 3. The van der Waals surface area contributed by atoms with Crippen molar-refractivity contribution in [1.29, 1.82) is 0 Å². The normalized spacial score (nSPS) is 13.9. The summed E-state index contributed by atoms with van der Waals surface area (Å²) in [5.74, 6) is -4.45. The largest absolute Gasteiger partial charge is 0.462 e. The van der Waals surface area contributed by atoms with Gasteiger partial charge in [0.1, 0.15) is 16.5 Å². The molecule has 0 aliphatic heterocycles. The van der Waals surface area contributed by atoms with Gasteiger partial charge in [-0.25, -0.2) is 13.2 Å². The topological polar surface area (TPSA) is 176 Å². The molecule has 1 aromatic carbocycles. The summed E-state index contributed by atoms with van der Waals surface area (Å²) in [4.78, 5) is 54.2. The number of carbonyl (C=O) groups is 3. The SMILES string of the molecule is CCOCCn1c(=NC(=O)CS(=O)(=O)CC(=O)Nc2sc3c(c2C(=O)OCC)CCCCC3)sc2cc([N+](=O)[O-])ccc21. The number of sulfone groups is 1. The molecular formula is C27H32N4O9S3. The third-order valence-corrected chi connectivity index (χ3v) is 10.2. The molecule has 0 unspecified atom stereocenters. The molecule has 0 spiro atoms. The number of esters is 1. The standard InChI is InChI=1S/C27H32N4O9S3/c1-3-39-13-12-30-19-11-10-17(31(35)36)14-21(19)42-27(30)29-23(33)16-43(37,38)15-22(32)28-25-24(26(34)40-4-2)18-8-6-5-7-9-20(18)41-25/h10-11,14H,3-9,12-13,15-16H2,1-2H3,(H,28,32). The van der Waals surface area contributed by atoms with Gasteiger partial charge in [0.2, 0.25) is 5.91 Å². The lowest BCUT2D eigenvalue weighted by molar-refractivity contribution is -0.384. The Bertz CT molecular complexity index is 1720. The van der Waals surface area contributed by atoms with Gasteiger partial charge in [-0.15, -0.1) is 11.3 Å². The summed E-state index contributed by atoms with van der Waals surface area (Å²) < 4.78 is 38.4. The van der Waals surface area contributed by atoms with E-state index < -0.39 is 44.0 Å². The fourth-order valence-electron chi connectivity index (χ4n) is 4.77. The molecule has 0 fully saturated rings. The van der Waals surface area contributed by atoms with Crippen LogP contribution in [0.25, 0.3) is 10.2 Å². The van der Waals surface area contributed by atoms with Crippen LogP contribution in [0.3, 0.4) is 0 Å². The number of thiophene rings is 1. The second-order valence-electron chi connectivity index (χ2n) is 9.72. The molecule has 43 heavy (non-hydrogen) atoms. The van der Waals surface area contributed by atoms with E-state index in [1.54, 1.807) is 11.5 Å². The molecule has 0 atom stereocenters. The van der Waals surface area contributed by atoms with Gasteiger partial charge in [0, 0.05) is 30.2 Å². The molecular weight excluding hydrogens is 621 g/mol. The minimum Gasteiger partial charge on any atom is -0.462 e. The highest BCUT2D eigenvalue weighted by molar-refractivity contribution is 7.92. The first-order valence-corrected chi connectivity index (χ1v) is 17.2. The van der Waals surface area contributed by atoms with Gasteiger partial charge >= 0.3 is 5.97 Å². The number of anilines is 1. The predicted octanol–water partition coefficient (Wildman–Crippen LogP) is 3.64. The first-order valence-electron chi connectivity index (χ1n) is 13.8. The highest BCUT2D eigenvalue weighted by atomic mass is 32.2. The number of fused-ring (bicyclic) bond motifs is 2. The fraction of sp³-hybridized carbons (Fsp3) is 0.481. The average Bonchev–Trinajstić information content (AvgIpc) is 3.34. The summed E-state index contributed by atoms with van der Waals surface area (Å²) in [5, 5.41) is 14.0. The van der Waals surface area contributed by atoms with Crippen molar-refractivity contribution in [2.45, 2.75) is 52.5 Å². The maximum Gasteiger partial charge on any atom is 0.341 e. The minimum absolute atomic E-state index is 0.134. The second kappa shape index (κ2) is 14.3. The number of benzene rings is 1. The van der Waals surface area contributed by atoms with Gasteiger partial charge in [0.25, 0.3) is 11.6 Å². The van der Waals surface area contributed by atoms with E-state index >= 15 is 0 Å². The fourth-order valence-corrected chi connectivity index (χ4v) is 8.18. The van der Waals surface area contributed by atoms with Gasteiger partial charge in [-0.05, 0) is 51.2 Å². The van der Waals surface area contributed by atoms with E-state index in [9.17, 15) is 32.9 Å². The van der Waals surface area contributed by atoms with Gasteiger partial charge in [0.05, 0.1) is 33.9 Å². The van der Waals surface area contributed by atoms with Crippen molar-refractivity contribution in [3.05, 3.63) is 49.1 Å². The molecule has 13 nitrogen and oxygen atoms in total. The zero-order chi connectivity index (χ0) is 31.1. The number of rotatable bonds is 12. The molecule has 0 saturated carbocycles. The summed E-state index contributed by atoms with van der Waals surface area (Å²) in [6.45, 7) is 4.66. The van der Waals surface area contributed by atoms with E-state index in [-0.39, 0.29) is 40.8 Å². The number of non-ortho nitro benzene ring substituents is 1. The number of nitro benzene ring substituents is 1. The number of aryl methyl sites for hydroxylation is 1. The zero-order valence-corrected chi connectivity index (χ0v) is 26.2. The van der Waals surface area contributed by atoms with Crippen LogP contribution in [0.4, 0.5) is 10.7 Å². The number of thiazole rings is 1. The van der Waals surface area contributed by atoms with Crippen molar-refractivity contribution < 1.29 is 37.2 Å². The van der Waals surface area contributed by atoms with Crippen LogP contribution < -0.4 is 10.1 Å². The van der Waals surface area contributed by atoms with Crippen LogP contribution in [0.2, 0.25) is 0 Å². The Labute approximate surface area is 255 Å². The van der Waals surface area contributed by atoms with Gasteiger partial charge in [0.15, 0.2) is 14.6 Å². The molecule has 2 aromatic heterocycles. The third kappa shape index (κ3) is 8.13. The van der Waals surface area contributed by atoms with Crippen molar-refractivity contribution in [1.82, 2.24) is 4.57 Å². The summed E-state index contributed by atoms with van der Waals surface area (Å²) in [6, 6.07) is 4.23. The first-order chi connectivity index (χ1) is 20.5. The lowest BCUT2D eigenvalue weighted by atomic mass is 10.1. The highest BCUT2D eigenvalue weighted by Gasteiger charge is 2.28. The highest BCUT2D eigenvalue weighted by Crippen LogP contribution is 2.38. The minimum atomic E-state index is -4.24. The Morgan fingerprint density at radius 2 is 1.86 bits per heavy atom. The molecule has 232 valence electrons. The Kier molecular flexibility index (Phi) is 10.8. The first kappa shape index (κ1) is 32.4. The number of hydrogen-bond acceptors (Lipinski definition) is 11. The molecule has 2 amide bonds. The maximum atomic E-state index is 12.9. The van der Waals surface area contributed by atoms with Crippen molar-refractivity contribution in [2.24, 2.45) is 4.99 Å². The Balaban J connectivity index is 1.53. The van der Waals surface area contributed by atoms with Crippen LogP contribution in [0.1, 0.15) is 53.9 Å². The van der Waals surface area contributed by atoms with Crippen LogP contribution >= 0.6 is 22.7 Å². The van der Waals surface area contributed by atoms with Crippen LogP contribution in [0.15, 0.2) is 23.2 Å². The molecule has 0 saturated heterocycles. The summed E-state index contributed by atoms with van der Waals surface area (Å²) in [7, 11) is -4.24. The van der Waals surface area contributed by atoms with Gasteiger partial charge in [-0.1, -0.05) is 17.8 Å². The van der Waals surface area contributed by atoms with Crippen molar-refractivity contribution in [3.63, 3.8) is 0 Å². The number of aromatic nitrogens is 1. The number of ether oxygens (including phenoxy) is 2. The molecule has 3 aromatic rings. The average molecular weight is 653 g/mol. The lowest BCUT2D eigenvalue weighted by Gasteiger charge is -2.08. The van der Waals surface area contributed by atoms with Crippen molar-refractivity contribution in [2.75, 3.05) is 36.6 Å². The van der Waals surface area contributed by atoms with E-state index in [1.807, 2.05) is 6.92 Å². The number of carbonyl (C=O) groups excluding carboxylic acids is 3. The van der Waals surface area contributed by atoms with Gasteiger partial charge in [-0.3, -0.25) is 19.7 Å². The maximum absolute atomic E-state index is 12.9. The molecule has 16 heteroatoms. The molecule has 0 bridgehead atoms. The van der Waals surface area contributed by atoms with Crippen LogP contribution in [-0.4, -0.2) is 67.0 Å². The number of hydrogen-bond donors (Lipinski definition) is 1. The summed E-state index contributed by atoms with van der Waals surface area (Å²) in [5.41, 5.74) is 1.54. The summed E-state index contributed by atoms with van der Waals surface area (Å²) in [6.07, 6.45) is 4.29. The van der Waals surface area contributed by atoms with Gasteiger partial charge < -0.3 is 19.4 Å². The molecule has 0 radical (unpaired) electrons. The molecule has 4 rings (SSSR count).